The third-order valence-corrected chi connectivity index (χ3v) is 3.59. The van der Waals surface area contributed by atoms with E-state index in [9.17, 15) is 4.79 Å². The molecule has 2 heterocycles. The van der Waals surface area contributed by atoms with Gasteiger partial charge in [0.1, 0.15) is 5.76 Å². The number of aliphatic hydroxyl groups is 1. The molecule has 0 aliphatic carbocycles. The van der Waals surface area contributed by atoms with Crippen LogP contribution in [-0.2, 0) is 6.54 Å². The Morgan fingerprint density at radius 1 is 1.68 bits per heavy atom. The zero-order valence-corrected chi connectivity index (χ0v) is 11.2. The second kappa shape index (κ2) is 6.18. The summed E-state index contributed by atoms with van der Waals surface area (Å²) in [6.45, 7) is 4.75. The lowest BCUT2D eigenvalue weighted by atomic mass is 10.1. The van der Waals surface area contributed by atoms with Gasteiger partial charge in [-0.1, -0.05) is 0 Å². The maximum absolute atomic E-state index is 11.5. The minimum Gasteiger partial charge on any atom is -0.454 e. The summed E-state index contributed by atoms with van der Waals surface area (Å²) in [5, 5.41) is 8.94. The van der Waals surface area contributed by atoms with Gasteiger partial charge in [-0.15, -0.1) is 0 Å². The standard InChI is InChI=1S/C13H21N3O3/c1-9-6-11(19-12(9)13(18)15-14)8-16-4-2-10(7-16)3-5-17/h6,10,17H,2-5,7-8,14H2,1H3,(H,15,18). The molecule has 1 unspecified atom stereocenters. The van der Waals surface area contributed by atoms with Crippen LogP contribution in [-0.4, -0.2) is 35.6 Å². The predicted octanol–water partition coefficient (Wildman–Crippen LogP) is 0.396. The Bertz CT molecular complexity index is 444. The molecule has 1 saturated heterocycles. The van der Waals surface area contributed by atoms with Gasteiger partial charge in [0.15, 0.2) is 5.76 Å². The molecule has 6 heteroatoms. The molecule has 0 spiro atoms. The van der Waals surface area contributed by atoms with Gasteiger partial charge in [-0.25, -0.2) is 5.84 Å². The largest absolute Gasteiger partial charge is 0.454 e. The van der Waals surface area contributed by atoms with E-state index < -0.39 is 5.91 Å². The van der Waals surface area contributed by atoms with Gasteiger partial charge in [-0.05, 0) is 38.3 Å². The lowest BCUT2D eigenvalue weighted by molar-refractivity contribution is 0.0921. The molecule has 106 valence electrons. The first-order chi connectivity index (χ1) is 9.13. The molecule has 2 rings (SSSR count). The molecule has 1 fully saturated rings. The van der Waals surface area contributed by atoms with Crippen molar-refractivity contribution in [1.29, 1.82) is 0 Å². The number of nitrogens with one attached hydrogen (secondary N) is 1. The highest BCUT2D eigenvalue weighted by Crippen LogP contribution is 2.23. The molecule has 6 nitrogen and oxygen atoms in total. The van der Waals surface area contributed by atoms with Gasteiger partial charge in [0, 0.05) is 18.7 Å². The Morgan fingerprint density at radius 2 is 2.47 bits per heavy atom. The van der Waals surface area contributed by atoms with Gasteiger partial charge in [0.05, 0.1) is 6.54 Å². The number of nitrogens with two attached hydrogens (primary N) is 1. The fraction of sp³-hybridized carbons (Fsp3) is 0.615. The number of aryl methyl sites for hydroxylation is 1. The van der Waals surface area contributed by atoms with Gasteiger partial charge in [0.2, 0.25) is 0 Å². The van der Waals surface area contributed by atoms with Crippen molar-refractivity contribution in [1.82, 2.24) is 10.3 Å². The van der Waals surface area contributed by atoms with E-state index in [1.807, 2.05) is 13.0 Å². The van der Waals surface area contributed by atoms with Crippen molar-refractivity contribution in [3.63, 3.8) is 0 Å². The Balaban J connectivity index is 1.95. The number of nitrogen functional groups attached to an aromatic ring is 1. The Morgan fingerprint density at radius 3 is 3.16 bits per heavy atom. The van der Waals surface area contributed by atoms with Gasteiger partial charge in [-0.3, -0.25) is 15.1 Å². The third kappa shape index (κ3) is 3.34. The monoisotopic (exact) mass is 267 g/mol. The first kappa shape index (κ1) is 14.0. The number of hydrazine groups is 1. The van der Waals surface area contributed by atoms with E-state index in [4.69, 9.17) is 15.4 Å². The minimum absolute atomic E-state index is 0.249. The molecule has 19 heavy (non-hydrogen) atoms. The summed E-state index contributed by atoms with van der Waals surface area (Å²) in [7, 11) is 0. The summed E-state index contributed by atoms with van der Waals surface area (Å²) in [6, 6.07) is 1.88. The maximum atomic E-state index is 11.5. The van der Waals surface area contributed by atoms with Gasteiger partial charge in [0.25, 0.3) is 0 Å². The smallest absolute Gasteiger partial charge is 0.301 e. The summed E-state index contributed by atoms with van der Waals surface area (Å²) < 4.78 is 5.54. The Kier molecular flexibility index (Phi) is 4.57. The second-order valence-electron chi connectivity index (χ2n) is 5.10. The number of aliphatic hydroxyl groups excluding tert-OH is 1. The first-order valence-electron chi connectivity index (χ1n) is 6.57. The van der Waals surface area contributed by atoms with Crippen LogP contribution in [0.2, 0.25) is 0 Å². The van der Waals surface area contributed by atoms with E-state index in [2.05, 4.69) is 10.3 Å². The van der Waals surface area contributed by atoms with Crippen molar-refractivity contribution < 1.29 is 14.3 Å². The molecule has 0 bridgehead atoms. The number of hydrogen-bond acceptors (Lipinski definition) is 5. The number of hydrogen-bond donors (Lipinski definition) is 3. The van der Waals surface area contributed by atoms with Crippen molar-refractivity contribution in [3.05, 3.63) is 23.2 Å². The second-order valence-corrected chi connectivity index (χ2v) is 5.10. The topological polar surface area (TPSA) is 91.7 Å². The number of carbonyl (C=O) groups is 1. The van der Waals surface area contributed by atoms with Crippen LogP contribution in [0.25, 0.3) is 0 Å². The lowest BCUT2D eigenvalue weighted by Crippen LogP contribution is -2.30. The summed E-state index contributed by atoms with van der Waals surface area (Å²) in [6.07, 6.45) is 1.96. The van der Waals surface area contributed by atoms with E-state index in [0.29, 0.717) is 12.5 Å². The highest BCUT2D eigenvalue weighted by Gasteiger charge is 2.23. The van der Waals surface area contributed by atoms with E-state index in [1.165, 1.54) is 0 Å². The average molecular weight is 267 g/mol. The van der Waals surface area contributed by atoms with Crippen LogP contribution in [0.5, 0.6) is 0 Å². The Hall–Kier alpha value is -1.37. The number of likely N-dealkylation sites (tertiary alicyclic amines) is 1. The van der Waals surface area contributed by atoms with Crippen LogP contribution in [0.3, 0.4) is 0 Å². The van der Waals surface area contributed by atoms with Crippen LogP contribution >= 0.6 is 0 Å². The summed E-state index contributed by atoms with van der Waals surface area (Å²) in [5.41, 5.74) is 2.87. The molecular weight excluding hydrogens is 246 g/mol. The summed E-state index contributed by atoms with van der Waals surface area (Å²) in [4.78, 5) is 13.7. The molecule has 1 atom stereocenters. The molecular formula is C13H21N3O3. The number of furan rings is 1. The molecule has 1 aliphatic heterocycles. The quantitative estimate of drug-likeness (QED) is 0.408. The summed E-state index contributed by atoms with van der Waals surface area (Å²) in [5.74, 6) is 6.33. The fourth-order valence-electron chi connectivity index (χ4n) is 2.61. The lowest BCUT2D eigenvalue weighted by Gasteiger charge is -2.13. The Labute approximate surface area is 112 Å². The molecule has 0 radical (unpaired) electrons. The molecule has 1 amide bonds. The average Bonchev–Trinajstić information content (AvgIpc) is 2.96. The van der Waals surface area contributed by atoms with Crippen molar-refractivity contribution >= 4 is 5.91 Å². The first-order valence-corrected chi connectivity index (χ1v) is 6.57. The van der Waals surface area contributed by atoms with Crippen LogP contribution in [0, 0.1) is 12.8 Å². The number of carbonyl (C=O) groups excluding carboxylic acids is 1. The summed E-state index contributed by atoms with van der Waals surface area (Å²) >= 11 is 0. The van der Waals surface area contributed by atoms with Crippen LogP contribution in [0.15, 0.2) is 10.5 Å². The van der Waals surface area contributed by atoms with Crippen LogP contribution in [0.4, 0.5) is 0 Å². The molecule has 0 aromatic carbocycles. The van der Waals surface area contributed by atoms with Gasteiger partial charge < -0.3 is 9.52 Å². The normalized spacial score (nSPS) is 19.8. The van der Waals surface area contributed by atoms with Crippen molar-refractivity contribution in [2.24, 2.45) is 11.8 Å². The third-order valence-electron chi connectivity index (χ3n) is 3.59. The number of amides is 1. The van der Waals surface area contributed by atoms with Crippen molar-refractivity contribution in [3.8, 4) is 0 Å². The van der Waals surface area contributed by atoms with Crippen LogP contribution in [0.1, 0.15) is 34.7 Å². The van der Waals surface area contributed by atoms with E-state index in [-0.39, 0.29) is 12.4 Å². The van der Waals surface area contributed by atoms with Gasteiger partial charge >= 0.3 is 5.91 Å². The highest BCUT2D eigenvalue weighted by atomic mass is 16.4. The van der Waals surface area contributed by atoms with Crippen LogP contribution < -0.4 is 11.3 Å². The molecule has 1 aliphatic rings. The molecule has 4 N–H and O–H groups in total. The van der Waals surface area contributed by atoms with Gasteiger partial charge in [-0.2, -0.15) is 0 Å². The maximum Gasteiger partial charge on any atom is 0.301 e. The van der Waals surface area contributed by atoms with E-state index >= 15 is 0 Å². The number of rotatable bonds is 5. The van der Waals surface area contributed by atoms with E-state index in [1.54, 1.807) is 0 Å². The van der Waals surface area contributed by atoms with Crippen molar-refractivity contribution in [2.75, 3.05) is 19.7 Å². The SMILES string of the molecule is Cc1cc(CN2CCC(CCO)C2)oc1C(=O)NN. The zero-order chi connectivity index (χ0) is 13.8. The van der Waals surface area contributed by atoms with Crippen molar-refractivity contribution in [2.45, 2.75) is 26.3 Å². The zero-order valence-electron chi connectivity index (χ0n) is 11.2. The predicted molar refractivity (Wildman–Crippen MR) is 70.2 cm³/mol. The molecule has 0 saturated carbocycles. The minimum atomic E-state index is -0.400. The van der Waals surface area contributed by atoms with E-state index in [0.717, 1.165) is 37.3 Å². The molecule has 1 aromatic heterocycles. The fourth-order valence-corrected chi connectivity index (χ4v) is 2.61. The number of nitrogens with zero attached hydrogens (tertiary/aromatic N) is 1. The molecule has 1 aromatic rings. The highest BCUT2D eigenvalue weighted by molar-refractivity contribution is 5.92.